The third-order valence-electron chi connectivity index (χ3n) is 3.07. The van der Waals surface area contributed by atoms with Crippen LogP contribution in [-0.2, 0) is 14.8 Å². The van der Waals surface area contributed by atoms with Crippen LogP contribution in [0.1, 0.15) is 5.56 Å². The molecule has 22 heavy (non-hydrogen) atoms. The molecule has 0 aliphatic rings. The molecule has 0 saturated heterocycles. The summed E-state index contributed by atoms with van der Waals surface area (Å²) in [7, 11) is -2.26. The summed E-state index contributed by atoms with van der Waals surface area (Å²) >= 11 is 5.27. The van der Waals surface area contributed by atoms with Crippen molar-refractivity contribution >= 4 is 38.6 Å². The Bertz CT molecular complexity index is 801. The third-order valence-corrected chi connectivity index (χ3v) is 5.06. The largest absolute Gasteiger partial charge is 0.276 e. The number of carbonyl (C=O) groups is 1. The zero-order valence-corrected chi connectivity index (χ0v) is 13.4. The molecule has 0 unspecified atom stereocenters. The summed E-state index contributed by atoms with van der Waals surface area (Å²) in [4.78, 5) is 11.0. The maximum atomic E-state index is 12.8. The van der Waals surface area contributed by atoms with Gasteiger partial charge in [0.1, 0.15) is 0 Å². The van der Waals surface area contributed by atoms with Crippen LogP contribution in [-0.4, -0.2) is 20.7 Å². The van der Waals surface area contributed by atoms with Crippen LogP contribution in [0.15, 0.2) is 65.6 Å². The van der Waals surface area contributed by atoms with E-state index in [9.17, 15) is 13.2 Å². The number of carbonyl (C=O) groups excluding carboxylic acids is 1. The number of para-hydroxylation sites is 1. The Morgan fingerprint density at radius 3 is 2.27 bits per heavy atom. The molecule has 0 saturated carbocycles. The number of rotatable bonds is 5. The zero-order chi connectivity index (χ0) is 16.2. The number of hydrogen-bond donors (Lipinski definition) is 0. The fourth-order valence-corrected chi connectivity index (χ4v) is 3.37. The summed E-state index contributed by atoms with van der Waals surface area (Å²) < 4.78 is 26.7. The monoisotopic (exact) mass is 335 g/mol. The van der Waals surface area contributed by atoms with Crippen molar-refractivity contribution in [2.24, 2.45) is 0 Å². The van der Waals surface area contributed by atoms with Crippen molar-refractivity contribution in [2.45, 2.75) is 4.90 Å². The van der Waals surface area contributed by atoms with Crippen LogP contribution in [0.5, 0.6) is 0 Å². The topological polar surface area (TPSA) is 54.5 Å². The van der Waals surface area contributed by atoms with E-state index < -0.39 is 15.3 Å². The molecule has 0 spiro atoms. The van der Waals surface area contributed by atoms with Gasteiger partial charge in [-0.25, -0.2) is 8.42 Å². The quantitative estimate of drug-likeness (QED) is 0.622. The number of halogens is 1. The standard InChI is InChI=1S/C16H14ClNO3S/c1-18(14-8-3-2-4-9-14)22(20,21)15-10-6-5-7-13(15)11-12-16(17)19/h2-12H,1H3/b12-11+. The van der Waals surface area contributed by atoms with Crippen LogP contribution in [0.4, 0.5) is 5.69 Å². The second-order valence-corrected chi connectivity index (χ2v) is 6.79. The van der Waals surface area contributed by atoms with Gasteiger partial charge in [0.2, 0.25) is 5.24 Å². The van der Waals surface area contributed by atoms with Gasteiger partial charge in [-0.2, -0.15) is 0 Å². The summed E-state index contributed by atoms with van der Waals surface area (Å²) in [6.45, 7) is 0. The van der Waals surface area contributed by atoms with Gasteiger partial charge in [-0.05, 0) is 47.5 Å². The Labute approximate surface area is 134 Å². The molecule has 114 valence electrons. The fraction of sp³-hybridized carbons (Fsp3) is 0.0625. The first-order valence-corrected chi connectivity index (χ1v) is 8.25. The van der Waals surface area contributed by atoms with Crippen LogP contribution in [0.3, 0.4) is 0 Å². The van der Waals surface area contributed by atoms with Gasteiger partial charge in [0.15, 0.2) is 0 Å². The first-order valence-electron chi connectivity index (χ1n) is 6.43. The predicted octanol–water partition coefficient (Wildman–Crippen LogP) is 3.29. The van der Waals surface area contributed by atoms with Crippen molar-refractivity contribution in [1.29, 1.82) is 0 Å². The van der Waals surface area contributed by atoms with Crippen molar-refractivity contribution in [3.63, 3.8) is 0 Å². The lowest BCUT2D eigenvalue weighted by molar-refractivity contribution is -0.107. The molecule has 0 N–H and O–H groups in total. The van der Waals surface area contributed by atoms with E-state index in [2.05, 4.69) is 0 Å². The minimum atomic E-state index is -3.74. The van der Waals surface area contributed by atoms with Crippen molar-refractivity contribution in [3.05, 3.63) is 66.2 Å². The highest BCUT2D eigenvalue weighted by Gasteiger charge is 2.23. The van der Waals surface area contributed by atoms with Crippen LogP contribution < -0.4 is 4.31 Å². The molecule has 0 heterocycles. The molecule has 2 aromatic carbocycles. The van der Waals surface area contributed by atoms with Gasteiger partial charge in [0.25, 0.3) is 10.0 Å². The number of nitrogens with zero attached hydrogens (tertiary/aromatic N) is 1. The molecule has 0 aromatic heterocycles. The van der Waals surface area contributed by atoms with Crippen LogP contribution in [0.2, 0.25) is 0 Å². The lowest BCUT2D eigenvalue weighted by Crippen LogP contribution is -2.27. The molecule has 0 radical (unpaired) electrons. The van der Waals surface area contributed by atoms with E-state index in [1.54, 1.807) is 42.5 Å². The predicted molar refractivity (Wildman–Crippen MR) is 88.4 cm³/mol. The van der Waals surface area contributed by atoms with Gasteiger partial charge >= 0.3 is 0 Å². The molecule has 2 rings (SSSR count). The molecule has 0 aliphatic heterocycles. The molecular formula is C16H14ClNO3S. The molecule has 4 nitrogen and oxygen atoms in total. The molecule has 0 aliphatic carbocycles. The van der Waals surface area contributed by atoms with E-state index in [4.69, 9.17) is 11.6 Å². The van der Waals surface area contributed by atoms with Gasteiger partial charge in [-0.3, -0.25) is 9.10 Å². The van der Waals surface area contributed by atoms with E-state index in [1.807, 2.05) is 6.07 Å². The first-order chi connectivity index (χ1) is 10.4. The number of sulfonamides is 1. The zero-order valence-electron chi connectivity index (χ0n) is 11.8. The third kappa shape index (κ3) is 3.55. The average Bonchev–Trinajstić information content (AvgIpc) is 2.53. The highest BCUT2D eigenvalue weighted by Crippen LogP contribution is 2.25. The van der Waals surface area contributed by atoms with Gasteiger partial charge in [0.05, 0.1) is 10.6 Å². The Hall–Kier alpha value is -2.11. The summed E-state index contributed by atoms with van der Waals surface area (Å²) in [6, 6.07) is 15.2. The molecule has 0 amide bonds. The van der Waals surface area contributed by atoms with E-state index in [1.165, 1.54) is 23.5 Å². The maximum absolute atomic E-state index is 12.8. The normalized spacial score (nSPS) is 11.5. The molecule has 0 bridgehead atoms. The molecule has 0 atom stereocenters. The first kappa shape index (κ1) is 16.3. The Balaban J connectivity index is 2.48. The summed E-state index contributed by atoms with van der Waals surface area (Å²) in [5.74, 6) is 0. The van der Waals surface area contributed by atoms with Crippen LogP contribution >= 0.6 is 11.6 Å². The average molecular weight is 336 g/mol. The number of allylic oxidation sites excluding steroid dienone is 1. The smallest absolute Gasteiger partial charge is 0.264 e. The van der Waals surface area contributed by atoms with Crippen LogP contribution in [0, 0.1) is 0 Å². The van der Waals surface area contributed by atoms with Gasteiger partial charge in [-0.15, -0.1) is 0 Å². The summed E-state index contributed by atoms with van der Waals surface area (Å²) in [6.07, 6.45) is 2.51. The highest BCUT2D eigenvalue weighted by molar-refractivity contribution is 7.92. The van der Waals surface area contributed by atoms with Gasteiger partial charge in [-0.1, -0.05) is 36.4 Å². The summed E-state index contributed by atoms with van der Waals surface area (Å²) in [5, 5.41) is -0.663. The Morgan fingerprint density at radius 1 is 1.05 bits per heavy atom. The minimum absolute atomic E-state index is 0.107. The highest BCUT2D eigenvalue weighted by atomic mass is 35.5. The van der Waals surface area contributed by atoms with Crippen LogP contribution in [0.25, 0.3) is 6.08 Å². The Morgan fingerprint density at radius 2 is 1.64 bits per heavy atom. The van der Waals surface area contributed by atoms with Crippen molar-refractivity contribution in [1.82, 2.24) is 0 Å². The Kier molecular flexibility index (Phi) is 5.00. The van der Waals surface area contributed by atoms with E-state index in [0.717, 1.165) is 6.08 Å². The van der Waals surface area contributed by atoms with Crippen molar-refractivity contribution in [3.8, 4) is 0 Å². The molecular weight excluding hydrogens is 322 g/mol. The molecule has 2 aromatic rings. The number of anilines is 1. The second kappa shape index (κ2) is 6.77. The lowest BCUT2D eigenvalue weighted by Gasteiger charge is -2.20. The van der Waals surface area contributed by atoms with Gasteiger partial charge < -0.3 is 0 Å². The maximum Gasteiger partial charge on any atom is 0.264 e. The molecule has 6 heteroatoms. The fourth-order valence-electron chi connectivity index (χ4n) is 1.93. The number of hydrogen-bond acceptors (Lipinski definition) is 3. The second-order valence-electron chi connectivity index (χ2n) is 4.48. The van der Waals surface area contributed by atoms with E-state index in [-0.39, 0.29) is 4.90 Å². The van der Waals surface area contributed by atoms with Crippen molar-refractivity contribution in [2.75, 3.05) is 11.4 Å². The lowest BCUT2D eigenvalue weighted by atomic mass is 10.2. The van der Waals surface area contributed by atoms with E-state index in [0.29, 0.717) is 11.3 Å². The number of benzene rings is 2. The minimum Gasteiger partial charge on any atom is -0.276 e. The van der Waals surface area contributed by atoms with E-state index >= 15 is 0 Å². The van der Waals surface area contributed by atoms with Crippen molar-refractivity contribution < 1.29 is 13.2 Å². The summed E-state index contributed by atoms with van der Waals surface area (Å²) in [5.41, 5.74) is 0.953. The van der Waals surface area contributed by atoms with Gasteiger partial charge in [0, 0.05) is 7.05 Å². The SMILES string of the molecule is CN(c1ccccc1)S(=O)(=O)c1ccccc1/C=C/C(=O)Cl. The molecule has 0 fully saturated rings.